The van der Waals surface area contributed by atoms with Gasteiger partial charge < -0.3 is 0 Å². The summed E-state index contributed by atoms with van der Waals surface area (Å²) >= 11 is 5.89. The number of primary sulfonamides is 1. The van der Waals surface area contributed by atoms with E-state index >= 15 is 0 Å². The van der Waals surface area contributed by atoms with E-state index in [0.717, 1.165) is 12.1 Å². The third-order valence-electron chi connectivity index (χ3n) is 3.14. The SMILES string of the molecule is C[C@@H](NS(=O)(=O)c1ccc(S(N)(=O)=O)cc1)c1cccc(Cl)c1. The lowest BCUT2D eigenvalue weighted by molar-refractivity contribution is 0.566. The molecule has 23 heavy (non-hydrogen) atoms. The molecule has 0 fully saturated rings. The first-order valence-corrected chi connectivity index (χ1v) is 9.91. The van der Waals surface area contributed by atoms with Crippen molar-refractivity contribution in [3.05, 3.63) is 59.1 Å². The van der Waals surface area contributed by atoms with Crippen LogP contribution in [0.25, 0.3) is 0 Å². The van der Waals surface area contributed by atoms with Crippen LogP contribution in [0.15, 0.2) is 58.3 Å². The molecule has 124 valence electrons. The van der Waals surface area contributed by atoms with E-state index in [1.807, 2.05) is 0 Å². The summed E-state index contributed by atoms with van der Waals surface area (Å²) in [7, 11) is -7.68. The van der Waals surface area contributed by atoms with Crippen LogP contribution in [0, 0.1) is 0 Å². The fourth-order valence-electron chi connectivity index (χ4n) is 1.95. The van der Waals surface area contributed by atoms with Gasteiger partial charge in [0.2, 0.25) is 20.0 Å². The number of hydrogen-bond donors (Lipinski definition) is 2. The Morgan fingerprint density at radius 1 is 1.00 bits per heavy atom. The Hall–Kier alpha value is -1.45. The van der Waals surface area contributed by atoms with Crippen LogP contribution in [0.2, 0.25) is 5.02 Å². The van der Waals surface area contributed by atoms with Gasteiger partial charge in [0.1, 0.15) is 0 Å². The van der Waals surface area contributed by atoms with Gasteiger partial charge in [-0.3, -0.25) is 0 Å². The molecule has 1 atom stereocenters. The molecule has 6 nitrogen and oxygen atoms in total. The highest BCUT2D eigenvalue weighted by Crippen LogP contribution is 2.20. The van der Waals surface area contributed by atoms with Gasteiger partial charge in [0, 0.05) is 11.1 Å². The summed E-state index contributed by atoms with van der Waals surface area (Å²) < 4.78 is 49.6. The molecule has 0 unspecified atom stereocenters. The average Bonchev–Trinajstić information content (AvgIpc) is 2.46. The number of rotatable bonds is 5. The molecule has 2 rings (SSSR count). The van der Waals surface area contributed by atoms with Crippen LogP contribution in [0.4, 0.5) is 0 Å². The Bertz CT molecular complexity index is 910. The van der Waals surface area contributed by atoms with Crippen molar-refractivity contribution in [1.82, 2.24) is 4.72 Å². The minimum atomic E-state index is -3.87. The molecule has 0 aliphatic rings. The number of halogens is 1. The topological polar surface area (TPSA) is 106 Å². The number of sulfonamides is 2. The van der Waals surface area contributed by atoms with E-state index in [4.69, 9.17) is 16.7 Å². The van der Waals surface area contributed by atoms with Crippen LogP contribution < -0.4 is 9.86 Å². The second-order valence-electron chi connectivity index (χ2n) is 4.91. The molecule has 2 aromatic rings. The molecule has 0 saturated carbocycles. The molecular formula is C14H15ClN2O4S2. The average molecular weight is 375 g/mol. The van der Waals surface area contributed by atoms with E-state index in [0.29, 0.717) is 10.6 Å². The maximum Gasteiger partial charge on any atom is 0.241 e. The second kappa shape index (κ2) is 6.58. The molecule has 0 aromatic heterocycles. The molecular weight excluding hydrogens is 360 g/mol. The third-order valence-corrected chi connectivity index (χ3v) is 5.86. The largest absolute Gasteiger partial charge is 0.241 e. The van der Waals surface area contributed by atoms with Gasteiger partial charge in [-0.15, -0.1) is 0 Å². The first-order valence-electron chi connectivity index (χ1n) is 6.50. The summed E-state index contributed by atoms with van der Waals surface area (Å²) in [6, 6.07) is 11.0. The monoisotopic (exact) mass is 374 g/mol. The number of benzene rings is 2. The predicted molar refractivity (Wildman–Crippen MR) is 88.0 cm³/mol. The molecule has 2 aromatic carbocycles. The number of nitrogens with two attached hydrogens (primary N) is 1. The summed E-state index contributed by atoms with van der Waals surface area (Å²) in [6.45, 7) is 1.68. The van der Waals surface area contributed by atoms with Gasteiger partial charge in [-0.2, -0.15) is 0 Å². The Balaban J connectivity index is 2.25. The molecule has 0 spiro atoms. The highest BCUT2D eigenvalue weighted by molar-refractivity contribution is 7.89. The van der Waals surface area contributed by atoms with Crippen molar-refractivity contribution >= 4 is 31.6 Å². The molecule has 0 bridgehead atoms. The van der Waals surface area contributed by atoms with E-state index in [-0.39, 0.29) is 9.79 Å². The second-order valence-corrected chi connectivity index (χ2v) is 8.63. The lowest BCUT2D eigenvalue weighted by atomic mass is 10.1. The fraction of sp³-hybridized carbons (Fsp3) is 0.143. The highest BCUT2D eigenvalue weighted by Gasteiger charge is 2.19. The third kappa shape index (κ3) is 4.52. The van der Waals surface area contributed by atoms with Gasteiger partial charge in [0.05, 0.1) is 9.79 Å². The molecule has 9 heteroatoms. The molecule has 3 N–H and O–H groups in total. The van der Waals surface area contributed by atoms with Gasteiger partial charge in [0.15, 0.2) is 0 Å². The van der Waals surface area contributed by atoms with Crippen molar-refractivity contribution in [3.8, 4) is 0 Å². The van der Waals surface area contributed by atoms with Gasteiger partial charge in [0.25, 0.3) is 0 Å². The number of hydrogen-bond acceptors (Lipinski definition) is 4. The standard InChI is InChI=1S/C14H15ClN2O4S2/c1-10(11-3-2-4-12(15)9-11)17-23(20,21)14-7-5-13(6-8-14)22(16,18)19/h2-10,17H,1H3,(H2,16,18,19)/t10-/m1/s1. The van der Waals surface area contributed by atoms with Gasteiger partial charge in [-0.1, -0.05) is 23.7 Å². The van der Waals surface area contributed by atoms with E-state index in [1.54, 1.807) is 31.2 Å². The fourth-order valence-corrected chi connectivity index (χ4v) is 3.90. The maximum absolute atomic E-state index is 12.3. The summed E-state index contributed by atoms with van der Waals surface area (Å²) in [5, 5.41) is 5.49. The van der Waals surface area contributed by atoms with Gasteiger partial charge in [-0.25, -0.2) is 26.7 Å². The maximum atomic E-state index is 12.3. The van der Waals surface area contributed by atoms with Crippen molar-refractivity contribution < 1.29 is 16.8 Å². The predicted octanol–water partition coefficient (Wildman–Crippen LogP) is 2.03. The molecule has 0 saturated heterocycles. The minimum Gasteiger partial charge on any atom is -0.225 e. The smallest absolute Gasteiger partial charge is 0.225 e. The van der Waals surface area contributed by atoms with Crippen molar-refractivity contribution in [3.63, 3.8) is 0 Å². The van der Waals surface area contributed by atoms with E-state index in [2.05, 4.69) is 4.72 Å². The van der Waals surface area contributed by atoms with Crippen molar-refractivity contribution in [1.29, 1.82) is 0 Å². The summed E-state index contributed by atoms with van der Waals surface area (Å²) in [6.07, 6.45) is 0. The van der Waals surface area contributed by atoms with Gasteiger partial charge in [-0.05, 0) is 48.9 Å². The molecule has 0 amide bonds. The zero-order valence-electron chi connectivity index (χ0n) is 12.1. The molecule has 0 radical (unpaired) electrons. The first-order chi connectivity index (χ1) is 10.6. The summed E-state index contributed by atoms with van der Waals surface area (Å²) in [5.41, 5.74) is 0.710. The Labute approximate surface area is 140 Å². The number of nitrogens with one attached hydrogen (secondary N) is 1. The summed E-state index contributed by atoms with van der Waals surface area (Å²) in [4.78, 5) is -0.210. The zero-order valence-corrected chi connectivity index (χ0v) is 14.5. The Kier molecular flexibility index (Phi) is 5.12. The molecule has 0 aliphatic heterocycles. The van der Waals surface area contributed by atoms with Crippen molar-refractivity contribution in [2.75, 3.05) is 0 Å². The van der Waals surface area contributed by atoms with Crippen LogP contribution in [0.3, 0.4) is 0 Å². The van der Waals surface area contributed by atoms with Crippen LogP contribution in [-0.2, 0) is 20.0 Å². The van der Waals surface area contributed by atoms with Crippen LogP contribution in [0.5, 0.6) is 0 Å². The van der Waals surface area contributed by atoms with Gasteiger partial charge >= 0.3 is 0 Å². The summed E-state index contributed by atoms with van der Waals surface area (Å²) in [5.74, 6) is 0. The quantitative estimate of drug-likeness (QED) is 0.834. The van der Waals surface area contributed by atoms with Crippen LogP contribution in [0.1, 0.15) is 18.5 Å². The van der Waals surface area contributed by atoms with Crippen molar-refractivity contribution in [2.24, 2.45) is 5.14 Å². The lowest BCUT2D eigenvalue weighted by Crippen LogP contribution is -2.27. The first kappa shape index (κ1) is 17.9. The van der Waals surface area contributed by atoms with E-state index in [1.165, 1.54) is 12.1 Å². The molecule has 0 aliphatic carbocycles. The zero-order chi connectivity index (χ0) is 17.3. The lowest BCUT2D eigenvalue weighted by Gasteiger charge is -2.15. The van der Waals surface area contributed by atoms with Crippen molar-refractivity contribution in [2.45, 2.75) is 22.8 Å². The van der Waals surface area contributed by atoms with Crippen LogP contribution >= 0.6 is 11.6 Å². The normalized spacial score (nSPS) is 13.7. The Morgan fingerprint density at radius 2 is 1.57 bits per heavy atom. The van der Waals surface area contributed by atoms with Crippen LogP contribution in [-0.4, -0.2) is 16.8 Å². The Morgan fingerprint density at radius 3 is 2.09 bits per heavy atom. The highest BCUT2D eigenvalue weighted by atomic mass is 35.5. The molecule has 0 heterocycles. The minimum absolute atomic E-state index is 0.0567. The van der Waals surface area contributed by atoms with E-state index < -0.39 is 26.1 Å². The van der Waals surface area contributed by atoms with E-state index in [9.17, 15) is 16.8 Å².